The number of carbonyl (C=O) groups excluding carboxylic acids is 3. The molecule has 0 aromatic heterocycles. The van der Waals surface area contributed by atoms with Crippen LogP contribution in [0.25, 0.3) is 0 Å². The highest BCUT2D eigenvalue weighted by molar-refractivity contribution is 6.04. The van der Waals surface area contributed by atoms with Crippen molar-refractivity contribution in [3.05, 3.63) is 12.2 Å². The minimum atomic E-state index is -0.461. The molecule has 4 amide bonds. The Bertz CT molecular complexity index is 428. The summed E-state index contributed by atoms with van der Waals surface area (Å²) in [5.74, 6) is 0.630. The number of imide groups is 1. The van der Waals surface area contributed by atoms with Crippen LogP contribution in [-0.2, 0) is 9.59 Å². The van der Waals surface area contributed by atoms with Gasteiger partial charge in [0, 0.05) is 13.1 Å². The highest BCUT2D eigenvalue weighted by Gasteiger charge is 2.37. The highest BCUT2D eigenvalue weighted by Crippen LogP contribution is 2.32. The van der Waals surface area contributed by atoms with Crippen molar-refractivity contribution in [3.8, 4) is 0 Å². The molecular weight excluding hydrogens is 246 g/mol. The molecule has 6 nitrogen and oxygen atoms in total. The number of nitrogens with one attached hydrogen (secondary N) is 1. The van der Waals surface area contributed by atoms with E-state index in [2.05, 4.69) is 17.5 Å². The van der Waals surface area contributed by atoms with E-state index >= 15 is 0 Å². The number of carbonyl (C=O) groups is 3. The van der Waals surface area contributed by atoms with Gasteiger partial charge in [-0.2, -0.15) is 0 Å². The molecule has 2 unspecified atom stereocenters. The molecular formula is C13H17N3O3. The van der Waals surface area contributed by atoms with Crippen LogP contribution in [0.2, 0.25) is 0 Å². The molecule has 102 valence electrons. The zero-order chi connectivity index (χ0) is 13.4. The molecule has 0 saturated carbocycles. The fourth-order valence-corrected chi connectivity index (χ4v) is 3.07. The van der Waals surface area contributed by atoms with Crippen molar-refractivity contribution in [3.63, 3.8) is 0 Å². The van der Waals surface area contributed by atoms with Gasteiger partial charge in [0.15, 0.2) is 0 Å². The molecule has 2 atom stereocenters. The van der Waals surface area contributed by atoms with E-state index < -0.39 is 6.03 Å². The van der Waals surface area contributed by atoms with Gasteiger partial charge in [-0.3, -0.25) is 14.5 Å². The lowest BCUT2D eigenvalue weighted by Gasteiger charge is -2.19. The van der Waals surface area contributed by atoms with Gasteiger partial charge in [0.05, 0.1) is 6.54 Å². The molecule has 0 aromatic carbocycles. The zero-order valence-corrected chi connectivity index (χ0v) is 10.7. The Hall–Kier alpha value is -1.85. The summed E-state index contributed by atoms with van der Waals surface area (Å²) in [6, 6.07) is -0.461. The minimum Gasteiger partial charge on any atom is -0.341 e. The largest absolute Gasteiger partial charge is 0.341 e. The third-order valence-corrected chi connectivity index (χ3v) is 4.20. The molecule has 0 aromatic rings. The van der Waals surface area contributed by atoms with Crippen LogP contribution in [0.3, 0.4) is 0 Å². The Labute approximate surface area is 111 Å². The lowest BCUT2D eigenvalue weighted by Crippen LogP contribution is -2.42. The van der Waals surface area contributed by atoms with E-state index in [4.69, 9.17) is 0 Å². The van der Waals surface area contributed by atoms with Crippen LogP contribution in [0.15, 0.2) is 12.2 Å². The van der Waals surface area contributed by atoms with Crippen molar-refractivity contribution in [2.45, 2.75) is 12.8 Å². The molecule has 1 N–H and O–H groups in total. The number of likely N-dealkylation sites (tertiary alicyclic amines) is 1. The van der Waals surface area contributed by atoms with Crippen LogP contribution in [0.1, 0.15) is 12.8 Å². The lowest BCUT2D eigenvalue weighted by molar-refractivity contribution is -0.135. The Morgan fingerprint density at radius 2 is 1.84 bits per heavy atom. The van der Waals surface area contributed by atoms with Gasteiger partial charge in [-0.15, -0.1) is 0 Å². The lowest BCUT2D eigenvalue weighted by atomic mass is 9.86. The van der Waals surface area contributed by atoms with Gasteiger partial charge in [-0.1, -0.05) is 12.2 Å². The Morgan fingerprint density at radius 1 is 1.21 bits per heavy atom. The first kappa shape index (κ1) is 12.2. The maximum Gasteiger partial charge on any atom is 0.325 e. The van der Waals surface area contributed by atoms with E-state index in [0.29, 0.717) is 11.8 Å². The number of allylic oxidation sites excluding steroid dienone is 2. The van der Waals surface area contributed by atoms with Crippen LogP contribution in [0.4, 0.5) is 4.79 Å². The van der Waals surface area contributed by atoms with Crippen molar-refractivity contribution < 1.29 is 14.4 Å². The number of fused-ring (bicyclic) bond motifs is 1. The number of nitrogens with zero attached hydrogens (tertiary/aromatic N) is 2. The molecule has 2 aliphatic heterocycles. The number of urea groups is 1. The van der Waals surface area contributed by atoms with Crippen molar-refractivity contribution in [2.24, 2.45) is 11.8 Å². The van der Waals surface area contributed by atoms with Gasteiger partial charge in [0.1, 0.15) is 6.54 Å². The molecule has 3 aliphatic rings. The first-order chi connectivity index (χ1) is 9.15. The fourth-order valence-electron chi connectivity index (χ4n) is 3.07. The predicted octanol–water partition coefficient (Wildman–Crippen LogP) is -0.0372. The summed E-state index contributed by atoms with van der Waals surface area (Å²) in [6.45, 7) is 1.37. The van der Waals surface area contributed by atoms with Crippen LogP contribution >= 0.6 is 0 Å². The summed E-state index contributed by atoms with van der Waals surface area (Å²) in [7, 11) is 0. The second-order valence-corrected chi connectivity index (χ2v) is 5.40. The van der Waals surface area contributed by atoms with Gasteiger partial charge in [0.2, 0.25) is 5.91 Å². The Morgan fingerprint density at radius 3 is 2.37 bits per heavy atom. The third kappa shape index (κ3) is 2.22. The van der Waals surface area contributed by atoms with E-state index in [1.807, 2.05) is 0 Å². The van der Waals surface area contributed by atoms with Crippen molar-refractivity contribution in [2.75, 3.05) is 26.2 Å². The van der Waals surface area contributed by atoms with Crippen LogP contribution in [-0.4, -0.2) is 53.8 Å². The molecule has 2 heterocycles. The van der Waals surface area contributed by atoms with Crippen molar-refractivity contribution in [1.29, 1.82) is 0 Å². The Balaban J connectivity index is 1.60. The molecule has 2 saturated heterocycles. The summed E-state index contributed by atoms with van der Waals surface area (Å²) in [5, 5.41) is 2.42. The van der Waals surface area contributed by atoms with Gasteiger partial charge in [0.25, 0.3) is 5.91 Å². The fraction of sp³-hybridized carbons (Fsp3) is 0.615. The zero-order valence-electron chi connectivity index (χ0n) is 10.7. The molecule has 0 bridgehead atoms. The van der Waals surface area contributed by atoms with E-state index in [9.17, 15) is 14.4 Å². The number of hydrogen-bond donors (Lipinski definition) is 1. The molecule has 2 fully saturated rings. The summed E-state index contributed by atoms with van der Waals surface area (Å²) >= 11 is 0. The molecule has 6 heteroatoms. The molecule has 19 heavy (non-hydrogen) atoms. The van der Waals surface area contributed by atoms with Crippen LogP contribution < -0.4 is 5.32 Å². The van der Waals surface area contributed by atoms with Crippen LogP contribution in [0.5, 0.6) is 0 Å². The van der Waals surface area contributed by atoms with Crippen molar-refractivity contribution in [1.82, 2.24) is 15.1 Å². The highest BCUT2D eigenvalue weighted by atomic mass is 16.2. The van der Waals surface area contributed by atoms with E-state index in [-0.39, 0.29) is 24.9 Å². The van der Waals surface area contributed by atoms with E-state index in [1.165, 1.54) is 0 Å². The van der Waals surface area contributed by atoms with Gasteiger partial charge >= 0.3 is 6.03 Å². The normalized spacial score (nSPS) is 29.7. The minimum absolute atomic E-state index is 0.00127. The predicted molar refractivity (Wildman–Crippen MR) is 67.0 cm³/mol. The number of amides is 4. The molecule has 0 radical (unpaired) electrons. The number of hydrogen-bond acceptors (Lipinski definition) is 3. The summed E-state index contributed by atoms with van der Waals surface area (Å²) in [5.41, 5.74) is 0. The summed E-state index contributed by atoms with van der Waals surface area (Å²) in [6.07, 6.45) is 6.40. The molecule has 1 aliphatic carbocycles. The average molecular weight is 263 g/mol. The molecule has 0 spiro atoms. The van der Waals surface area contributed by atoms with E-state index in [0.717, 1.165) is 30.8 Å². The van der Waals surface area contributed by atoms with E-state index in [1.54, 1.807) is 4.90 Å². The quantitative estimate of drug-likeness (QED) is 0.561. The molecule has 3 rings (SSSR count). The summed E-state index contributed by atoms with van der Waals surface area (Å²) < 4.78 is 0. The maximum atomic E-state index is 12.2. The second-order valence-electron chi connectivity index (χ2n) is 5.40. The first-order valence-electron chi connectivity index (χ1n) is 6.66. The third-order valence-electron chi connectivity index (χ3n) is 4.20. The standard InChI is InChI=1S/C13H17N3O3/c17-11-5-14-13(19)16(11)8-12(18)15-6-9-3-1-2-4-10(9)7-15/h1-2,9-10H,3-8H2,(H,14,19). The second kappa shape index (κ2) is 4.68. The van der Waals surface area contributed by atoms with Gasteiger partial charge in [-0.05, 0) is 24.7 Å². The van der Waals surface area contributed by atoms with Crippen molar-refractivity contribution >= 4 is 17.8 Å². The SMILES string of the molecule is O=C(CN1C(=O)CNC1=O)N1CC2CC=CCC2C1. The topological polar surface area (TPSA) is 69.7 Å². The summed E-state index contributed by atoms with van der Waals surface area (Å²) in [4.78, 5) is 37.8. The first-order valence-corrected chi connectivity index (χ1v) is 6.66. The van der Waals surface area contributed by atoms with Gasteiger partial charge in [-0.25, -0.2) is 4.79 Å². The average Bonchev–Trinajstić information content (AvgIpc) is 2.97. The van der Waals surface area contributed by atoms with Gasteiger partial charge < -0.3 is 10.2 Å². The number of rotatable bonds is 2. The maximum absolute atomic E-state index is 12.2. The smallest absolute Gasteiger partial charge is 0.325 e. The monoisotopic (exact) mass is 263 g/mol. The Kier molecular flexibility index (Phi) is 3.00. The van der Waals surface area contributed by atoms with Crippen LogP contribution in [0, 0.1) is 11.8 Å².